The molecule has 4 unspecified atom stereocenters. The molecule has 3 aliphatic rings. The van der Waals surface area contributed by atoms with Crippen molar-refractivity contribution in [3.05, 3.63) is 41.5 Å². The molecule has 1 aliphatic heterocycles. The second kappa shape index (κ2) is 5.49. The standard InChI is InChI=1S/C19H24O2/c20-17-11-5-3-10-16(17)19-15-9-2-1-7-13(15)14-8-4-6-12-18(14)21-19/h3,5,7,10-11,14-15,18-20H,1-2,4,6,8-9,12H2. The number of aromatic hydroxyl groups is 1. The van der Waals surface area contributed by atoms with Gasteiger partial charge < -0.3 is 9.84 Å². The highest BCUT2D eigenvalue weighted by Gasteiger charge is 2.44. The normalized spacial score (nSPS) is 35.5. The molecule has 0 radical (unpaired) electrons. The zero-order chi connectivity index (χ0) is 14.2. The van der Waals surface area contributed by atoms with Gasteiger partial charge in [-0.15, -0.1) is 0 Å². The third kappa shape index (κ3) is 2.30. The molecule has 4 rings (SSSR count). The van der Waals surface area contributed by atoms with E-state index in [1.165, 1.54) is 44.9 Å². The van der Waals surface area contributed by atoms with E-state index >= 15 is 0 Å². The molecular formula is C19H24O2. The molecule has 1 aromatic carbocycles. The molecule has 1 saturated carbocycles. The number of hydrogen-bond acceptors (Lipinski definition) is 2. The van der Waals surface area contributed by atoms with Crippen molar-refractivity contribution < 1.29 is 9.84 Å². The van der Waals surface area contributed by atoms with Crippen LogP contribution in [0.5, 0.6) is 5.75 Å². The summed E-state index contributed by atoms with van der Waals surface area (Å²) in [7, 11) is 0. The van der Waals surface area contributed by atoms with E-state index in [0.29, 0.717) is 23.7 Å². The first-order valence-corrected chi connectivity index (χ1v) is 8.48. The van der Waals surface area contributed by atoms with E-state index in [4.69, 9.17) is 4.74 Å². The summed E-state index contributed by atoms with van der Waals surface area (Å²) < 4.78 is 6.53. The Morgan fingerprint density at radius 3 is 2.67 bits per heavy atom. The summed E-state index contributed by atoms with van der Waals surface area (Å²) in [5, 5.41) is 10.2. The van der Waals surface area contributed by atoms with Gasteiger partial charge in [-0.2, -0.15) is 0 Å². The van der Waals surface area contributed by atoms with Gasteiger partial charge in [0.1, 0.15) is 5.75 Å². The maximum atomic E-state index is 10.2. The second-order valence-corrected chi connectivity index (χ2v) is 6.79. The second-order valence-electron chi connectivity index (χ2n) is 6.79. The minimum absolute atomic E-state index is 0.0529. The zero-order valence-electron chi connectivity index (χ0n) is 12.5. The van der Waals surface area contributed by atoms with Crippen LogP contribution < -0.4 is 0 Å². The lowest BCUT2D eigenvalue weighted by atomic mass is 9.68. The van der Waals surface area contributed by atoms with Gasteiger partial charge in [-0.1, -0.05) is 42.7 Å². The largest absolute Gasteiger partial charge is 0.508 e. The summed E-state index contributed by atoms with van der Waals surface area (Å²) in [4.78, 5) is 0. The van der Waals surface area contributed by atoms with Gasteiger partial charge >= 0.3 is 0 Å². The maximum Gasteiger partial charge on any atom is 0.121 e. The van der Waals surface area contributed by atoms with Crippen molar-refractivity contribution in [3.63, 3.8) is 0 Å². The summed E-state index contributed by atoms with van der Waals surface area (Å²) in [6.45, 7) is 0. The van der Waals surface area contributed by atoms with E-state index in [2.05, 4.69) is 6.08 Å². The van der Waals surface area contributed by atoms with Gasteiger partial charge in [0.15, 0.2) is 0 Å². The number of rotatable bonds is 1. The highest BCUT2D eigenvalue weighted by molar-refractivity contribution is 5.37. The predicted molar refractivity (Wildman–Crippen MR) is 83.1 cm³/mol. The molecule has 1 N–H and O–H groups in total. The molecule has 2 aliphatic carbocycles. The van der Waals surface area contributed by atoms with Gasteiger partial charge in [0.05, 0.1) is 12.2 Å². The first-order chi connectivity index (χ1) is 10.3. The molecule has 0 spiro atoms. The van der Waals surface area contributed by atoms with E-state index in [0.717, 1.165) is 5.56 Å². The van der Waals surface area contributed by atoms with Crippen LogP contribution in [0.3, 0.4) is 0 Å². The van der Waals surface area contributed by atoms with E-state index in [1.807, 2.05) is 18.2 Å². The lowest BCUT2D eigenvalue weighted by Crippen LogP contribution is -2.41. The van der Waals surface area contributed by atoms with Crippen LogP contribution in [0.2, 0.25) is 0 Å². The molecule has 0 bridgehead atoms. The number of phenolic OH excluding ortho intramolecular Hbond substituents is 1. The molecule has 2 heteroatoms. The smallest absolute Gasteiger partial charge is 0.121 e. The molecular weight excluding hydrogens is 260 g/mol. The quantitative estimate of drug-likeness (QED) is 0.754. The Morgan fingerprint density at radius 1 is 0.952 bits per heavy atom. The van der Waals surface area contributed by atoms with Crippen LogP contribution in [0.1, 0.15) is 56.6 Å². The number of phenols is 1. The molecule has 21 heavy (non-hydrogen) atoms. The third-order valence-corrected chi connectivity index (χ3v) is 5.59. The van der Waals surface area contributed by atoms with Gasteiger partial charge in [-0.3, -0.25) is 0 Å². The van der Waals surface area contributed by atoms with Crippen LogP contribution in [0.15, 0.2) is 35.9 Å². The van der Waals surface area contributed by atoms with Gasteiger partial charge in [-0.05, 0) is 38.2 Å². The average molecular weight is 284 g/mol. The number of hydrogen-bond donors (Lipinski definition) is 1. The number of ether oxygens (including phenoxy) is 1. The highest BCUT2D eigenvalue weighted by atomic mass is 16.5. The van der Waals surface area contributed by atoms with E-state index in [1.54, 1.807) is 11.6 Å². The van der Waals surface area contributed by atoms with Crippen LogP contribution in [-0.2, 0) is 4.74 Å². The SMILES string of the molecule is Oc1ccccc1C1OC2CCCCC2C2=CCCCC21. The molecule has 2 nitrogen and oxygen atoms in total. The Morgan fingerprint density at radius 2 is 1.76 bits per heavy atom. The van der Waals surface area contributed by atoms with Crippen molar-refractivity contribution in [2.24, 2.45) is 11.8 Å². The van der Waals surface area contributed by atoms with E-state index in [9.17, 15) is 5.11 Å². The fourth-order valence-electron chi connectivity index (χ4n) is 4.62. The number of benzene rings is 1. The number of fused-ring (bicyclic) bond motifs is 3. The first-order valence-electron chi connectivity index (χ1n) is 8.48. The monoisotopic (exact) mass is 284 g/mol. The Kier molecular flexibility index (Phi) is 3.50. The minimum Gasteiger partial charge on any atom is -0.508 e. The highest BCUT2D eigenvalue weighted by Crippen LogP contribution is 2.52. The van der Waals surface area contributed by atoms with Gasteiger partial charge in [0, 0.05) is 17.4 Å². The maximum absolute atomic E-state index is 10.2. The third-order valence-electron chi connectivity index (χ3n) is 5.59. The molecule has 112 valence electrons. The average Bonchev–Trinajstić information content (AvgIpc) is 2.55. The fourth-order valence-corrected chi connectivity index (χ4v) is 4.62. The topological polar surface area (TPSA) is 29.5 Å². The molecule has 1 heterocycles. The molecule has 4 atom stereocenters. The summed E-state index contributed by atoms with van der Waals surface area (Å²) in [5.74, 6) is 1.51. The fraction of sp³-hybridized carbons (Fsp3) is 0.579. The molecule has 0 amide bonds. The van der Waals surface area contributed by atoms with Crippen molar-refractivity contribution in [2.45, 2.75) is 57.2 Å². The molecule has 1 saturated heterocycles. The first kappa shape index (κ1) is 13.4. The summed E-state index contributed by atoms with van der Waals surface area (Å²) in [6.07, 6.45) is 11.7. The Hall–Kier alpha value is -1.28. The molecule has 1 aromatic rings. The lowest BCUT2D eigenvalue weighted by Gasteiger charge is -2.47. The Balaban J connectivity index is 1.72. The summed E-state index contributed by atoms with van der Waals surface area (Å²) >= 11 is 0. The van der Waals surface area contributed by atoms with Crippen molar-refractivity contribution in [1.29, 1.82) is 0 Å². The minimum atomic E-state index is 0.0529. The Labute approximate surface area is 126 Å². The number of para-hydroxylation sites is 1. The zero-order valence-corrected chi connectivity index (χ0v) is 12.5. The molecule has 2 fully saturated rings. The van der Waals surface area contributed by atoms with Crippen molar-refractivity contribution >= 4 is 0 Å². The van der Waals surface area contributed by atoms with Crippen LogP contribution in [-0.4, -0.2) is 11.2 Å². The summed E-state index contributed by atoms with van der Waals surface area (Å²) in [6, 6.07) is 7.73. The van der Waals surface area contributed by atoms with Crippen LogP contribution >= 0.6 is 0 Å². The van der Waals surface area contributed by atoms with Gasteiger partial charge in [0.2, 0.25) is 0 Å². The van der Waals surface area contributed by atoms with Crippen LogP contribution in [0.25, 0.3) is 0 Å². The van der Waals surface area contributed by atoms with Crippen molar-refractivity contribution in [2.75, 3.05) is 0 Å². The van der Waals surface area contributed by atoms with Gasteiger partial charge in [-0.25, -0.2) is 0 Å². The van der Waals surface area contributed by atoms with Gasteiger partial charge in [0.25, 0.3) is 0 Å². The van der Waals surface area contributed by atoms with Crippen LogP contribution in [0, 0.1) is 11.8 Å². The van der Waals surface area contributed by atoms with E-state index in [-0.39, 0.29) is 6.10 Å². The van der Waals surface area contributed by atoms with Crippen molar-refractivity contribution in [1.82, 2.24) is 0 Å². The van der Waals surface area contributed by atoms with Crippen LogP contribution in [0.4, 0.5) is 0 Å². The van der Waals surface area contributed by atoms with E-state index < -0.39 is 0 Å². The van der Waals surface area contributed by atoms with Crippen molar-refractivity contribution in [3.8, 4) is 5.75 Å². The summed E-state index contributed by atoms with van der Waals surface area (Å²) in [5.41, 5.74) is 2.63. The molecule has 0 aromatic heterocycles. The predicted octanol–water partition coefficient (Wildman–Crippen LogP) is 4.75. The number of allylic oxidation sites excluding steroid dienone is 1. The Bertz CT molecular complexity index is 548. The lowest BCUT2D eigenvalue weighted by molar-refractivity contribution is -0.107.